The summed E-state index contributed by atoms with van der Waals surface area (Å²) in [6, 6.07) is 10.9. The zero-order valence-corrected chi connectivity index (χ0v) is 15.1. The molecule has 3 rings (SSSR count). The van der Waals surface area contributed by atoms with Crippen LogP contribution < -0.4 is 5.32 Å². The highest BCUT2D eigenvalue weighted by atomic mass is 16.5. The summed E-state index contributed by atoms with van der Waals surface area (Å²) in [6.07, 6.45) is 7.87. The van der Waals surface area contributed by atoms with Crippen LogP contribution in [0.5, 0.6) is 0 Å². The van der Waals surface area contributed by atoms with Crippen molar-refractivity contribution in [3.63, 3.8) is 0 Å². The molecule has 1 aliphatic carbocycles. The Labute approximate surface area is 153 Å². The summed E-state index contributed by atoms with van der Waals surface area (Å²) in [5.41, 5.74) is 1.75. The standard InChI is InChI=1S/C21H25NO4/c1-15(19-8-5-13-25-19)22-20(23)14-26-21(24)18-11-9-17(10-12-18)16-6-3-2-4-7-16/h5,8-13,15-16H,2-4,6-7,14H2,1H3,(H,22,23)/t15-/m1/s1. The lowest BCUT2D eigenvalue weighted by molar-refractivity contribution is -0.125. The van der Waals surface area contributed by atoms with Crippen LogP contribution in [0.15, 0.2) is 47.1 Å². The Kier molecular flexibility index (Phi) is 6.10. The van der Waals surface area contributed by atoms with E-state index in [1.807, 2.05) is 19.1 Å². The molecule has 5 heteroatoms. The zero-order chi connectivity index (χ0) is 18.4. The Morgan fingerprint density at radius 1 is 1.15 bits per heavy atom. The van der Waals surface area contributed by atoms with Gasteiger partial charge in [0.2, 0.25) is 0 Å². The lowest BCUT2D eigenvalue weighted by Gasteiger charge is -2.22. The van der Waals surface area contributed by atoms with Gasteiger partial charge in [0.15, 0.2) is 6.61 Å². The van der Waals surface area contributed by atoms with E-state index in [4.69, 9.17) is 9.15 Å². The second-order valence-corrected chi connectivity index (χ2v) is 6.84. The van der Waals surface area contributed by atoms with E-state index in [2.05, 4.69) is 5.32 Å². The molecule has 1 heterocycles. The number of hydrogen-bond donors (Lipinski definition) is 1. The molecular formula is C21H25NO4. The topological polar surface area (TPSA) is 68.5 Å². The van der Waals surface area contributed by atoms with Crippen molar-refractivity contribution in [1.82, 2.24) is 5.32 Å². The van der Waals surface area contributed by atoms with Gasteiger partial charge in [-0.05, 0) is 55.5 Å². The summed E-state index contributed by atoms with van der Waals surface area (Å²) < 4.78 is 10.3. The first-order valence-corrected chi connectivity index (χ1v) is 9.23. The molecule has 1 amide bonds. The number of carbonyl (C=O) groups is 2. The lowest BCUT2D eigenvalue weighted by atomic mass is 9.84. The van der Waals surface area contributed by atoms with Gasteiger partial charge in [-0.3, -0.25) is 4.79 Å². The zero-order valence-electron chi connectivity index (χ0n) is 15.1. The molecule has 0 bridgehead atoms. The highest BCUT2D eigenvalue weighted by Crippen LogP contribution is 2.32. The Balaban J connectivity index is 1.47. The third kappa shape index (κ3) is 4.75. The largest absolute Gasteiger partial charge is 0.467 e. The number of esters is 1. The first kappa shape index (κ1) is 18.2. The van der Waals surface area contributed by atoms with E-state index in [1.54, 1.807) is 30.5 Å². The van der Waals surface area contributed by atoms with E-state index in [0.29, 0.717) is 17.2 Å². The molecule has 1 fully saturated rings. The van der Waals surface area contributed by atoms with Gasteiger partial charge in [-0.15, -0.1) is 0 Å². The van der Waals surface area contributed by atoms with Crippen LogP contribution in [0.2, 0.25) is 0 Å². The number of rotatable bonds is 6. The monoisotopic (exact) mass is 355 g/mol. The number of furan rings is 1. The molecule has 0 saturated heterocycles. The third-order valence-corrected chi connectivity index (χ3v) is 4.90. The van der Waals surface area contributed by atoms with Crippen molar-refractivity contribution in [2.24, 2.45) is 0 Å². The molecule has 1 atom stereocenters. The van der Waals surface area contributed by atoms with Crippen LogP contribution >= 0.6 is 0 Å². The van der Waals surface area contributed by atoms with Gasteiger partial charge in [0.25, 0.3) is 5.91 Å². The van der Waals surface area contributed by atoms with Crippen LogP contribution in [0.4, 0.5) is 0 Å². The van der Waals surface area contributed by atoms with Crippen LogP contribution in [0.1, 0.15) is 72.7 Å². The molecule has 0 spiro atoms. The van der Waals surface area contributed by atoms with Gasteiger partial charge in [-0.2, -0.15) is 0 Å². The number of carbonyl (C=O) groups excluding carboxylic acids is 2. The Bertz CT molecular complexity index is 715. The van der Waals surface area contributed by atoms with E-state index < -0.39 is 5.97 Å². The fourth-order valence-electron chi connectivity index (χ4n) is 3.43. The Morgan fingerprint density at radius 3 is 2.54 bits per heavy atom. The normalized spacial score (nSPS) is 16.0. The minimum absolute atomic E-state index is 0.272. The second kappa shape index (κ2) is 8.70. The van der Waals surface area contributed by atoms with E-state index in [1.165, 1.54) is 37.7 Å². The van der Waals surface area contributed by atoms with Crippen molar-refractivity contribution >= 4 is 11.9 Å². The average Bonchev–Trinajstić information content (AvgIpc) is 3.22. The fourth-order valence-corrected chi connectivity index (χ4v) is 3.43. The number of nitrogens with one attached hydrogen (secondary N) is 1. The molecule has 1 aromatic heterocycles. The van der Waals surface area contributed by atoms with Gasteiger partial charge in [0.1, 0.15) is 5.76 Å². The first-order chi connectivity index (χ1) is 12.6. The second-order valence-electron chi connectivity index (χ2n) is 6.84. The van der Waals surface area contributed by atoms with Crippen LogP contribution in [-0.4, -0.2) is 18.5 Å². The van der Waals surface area contributed by atoms with E-state index in [9.17, 15) is 9.59 Å². The summed E-state index contributed by atoms with van der Waals surface area (Å²) in [4.78, 5) is 24.0. The molecule has 0 radical (unpaired) electrons. The number of ether oxygens (including phenoxy) is 1. The predicted molar refractivity (Wildman–Crippen MR) is 97.8 cm³/mol. The average molecular weight is 355 g/mol. The summed E-state index contributed by atoms with van der Waals surface area (Å²) in [7, 11) is 0. The van der Waals surface area contributed by atoms with Crippen molar-refractivity contribution in [3.8, 4) is 0 Å². The molecule has 138 valence electrons. The smallest absolute Gasteiger partial charge is 0.338 e. The van der Waals surface area contributed by atoms with Crippen molar-refractivity contribution in [1.29, 1.82) is 0 Å². The highest BCUT2D eigenvalue weighted by molar-refractivity contribution is 5.91. The molecular weight excluding hydrogens is 330 g/mol. The number of amides is 1. The molecule has 2 aromatic rings. The quantitative estimate of drug-likeness (QED) is 0.782. The summed E-state index contributed by atoms with van der Waals surface area (Å²) in [5.74, 6) is 0.410. The van der Waals surface area contributed by atoms with E-state index in [0.717, 1.165) is 0 Å². The van der Waals surface area contributed by atoms with Crippen LogP contribution in [0, 0.1) is 0 Å². The van der Waals surface area contributed by atoms with Gasteiger partial charge >= 0.3 is 5.97 Å². The molecule has 5 nitrogen and oxygen atoms in total. The minimum Gasteiger partial charge on any atom is -0.467 e. The van der Waals surface area contributed by atoms with Crippen LogP contribution in [-0.2, 0) is 9.53 Å². The molecule has 0 aliphatic heterocycles. The highest BCUT2D eigenvalue weighted by Gasteiger charge is 2.17. The predicted octanol–water partition coefficient (Wildman–Crippen LogP) is 4.36. The minimum atomic E-state index is -0.485. The van der Waals surface area contributed by atoms with Crippen molar-refractivity contribution < 1.29 is 18.7 Å². The van der Waals surface area contributed by atoms with Crippen LogP contribution in [0.25, 0.3) is 0 Å². The van der Waals surface area contributed by atoms with Crippen molar-refractivity contribution in [3.05, 3.63) is 59.5 Å². The number of benzene rings is 1. The maximum atomic E-state index is 12.1. The van der Waals surface area contributed by atoms with Gasteiger partial charge in [-0.25, -0.2) is 4.79 Å². The number of hydrogen-bond acceptors (Lipinski definition) is 4. The SMILES string of the molecule is C[C@@H](NC(=O)COC(=O)c1ccc(C2CCCCC2)cc1)c1ccco1. The lowest BCUT2D eigenvalue weighted by Crippen LogP contribution is -2.31. The molecule has 1 saturated carbocycles. The molecule has 1 aliphatic rings. The third-order valence-electron chi connectivity index (χ3n) is 4.90. The summed E-state index contributed by atoms with van der Waals surface area (Å²) in [5, 5.41) is 2.73. The van der Waals surface area contributed by atoms with Gasteiger partial charge in [0.05, 0.1) is 17.9 Å². The maximum Gasteiger partial charge on any atom is 0.338 e. The Morgan fingerprint density at radius 2 is 1.88 bits per heavy atom. The van der Waals surface area contributed by atoms with Crippen LogP contribution in [0.3, 0.4) is 0 Å². The van der Waals surface area contributed by atoms with Crippen molar-refractivity contribution in [2.45, 2.75) is 51.0 Å². The molecule has 0 unspecified atom stereocenters. The Hall–Kier alpha value is -2.56. The summed E-state index contributed by atoms with van der Waals surface area (Å²) in [6.45, 7) is 1.50. The van der Waals surface area contributed by atoms with Gasteiger partial charge in [0, 0.05) is 0 Å². The molecule has 26 heavy (non-hydrogen) atoms. The van der Waals surface area contributed by atoms with Gasteiger partial charge in [-0.1, -0.05) is 31.4 Å². The first-order valence-electron chi connectivity index (χ1n) is 9.23. The molecule has 1 aromatic carbocycles. The van der Waals surface area contributed by atoms with E-state index >= 15 is 0 Å². The molecule has 1 N–H and O–H groups in total. The summed E-state index contributed by atoms with van der Waals surface area (Å²) >= 11 is 0. The van der Waals surface area contributed by atoms with Crippen molar-refractivity contribution in [2.75, 3.05) is 6.61 Å². The van der Waals surface area contributed by atoms with E-state index in [-0.39, 0.29) is 18.6 Å². The fraction of sp³-hybridized carbons (Fsp3) is 0.429. The van der Waals surface area contributed by atoms with Gasteiger partial charge < -0.3 is 14.5 Å². The maximum absolute atomic E-state index is 12.1.